The average molecular weight is 303 g/mol. The molecule has 0 atom stereocenters. The molecule has 8 heteroatoms. The maximum Gasteiger partial charge on any atom is 0.231 e. The molecule has 20 heavy (non-hydrogen) atoms. The van der Waals surface area contributed by atoms with Crippen molar-refractivity contribution in [3.63, 3.8) is 0 Å². The minimum Gasteiger partial charge on any atom is -0.492 e. The minimum absolute atomic E-state index is 0.0620. The third kappa shape index (κ3) is 4.26. The SMILES string of the molecule is COCCS(=O)(=O)NCCOc1ccc2c(c1)OCO2. The van der Waals surface area contributed by atoms with Gasteiger partial charge < -0.3 is 18.9 Å². The van der Waals surface area contributed by atoms with Gasteiger partial charge in [-0.25, -0.2) is 13.1 Å². The van der Waals surface area contributed by atoms with E-state index >= 15 is 0 Å². The molecule has 1 aliphatic heterocycles. The van der Waals surface area contributed by atoms with Gasteiger partial charge in [-0.2, -0.15) is 0 Å². The van der Waals surface area contributed by atoms with Crippen LogP contribution in [0.4, 0.5) is 0 Å². The van der Waals surface area contributed by atoms with Crippen LogP contribution in [0.25, 0.3) is 0 Å². The van der Waals surface area contributed by atoms with E-state index < -0.39 is 10.0 Å². The fourth-order valence-corrected chi connectivity index (χ4v) is 2.52. The summed E-state index contributed by atoms with van der Waals surface area (Å²) in [5.41, 5.74) is 0. The van der Waals surface area contributed by atoms with Crippen molar-refractivity contribution >= 4 is 10.0 Å². The van der Waals surface area contributed by atoms with Gasteiger partial charge in [0.05, 0.1) is 12.4 Å². The molecule has 1 aromatic rings. The first-order chi connectivity index (χ1) is 9.61. The normalized spacial score (nSPS) is 13.4. The topological polar surface area (TPSA) is 83.1 Å². The number of hydrogen-bond donors (Lipinski definition) is 1. The Morgan fingerprint density at radius 3 is 2.85 bits per heavy atom. The molecule has 0 amide bonds. The van der Waals surface area contributed by atoms with Crippen molar-refractivity contribution in [3.05, 3.63) is 18.2 Å². The molecule has 0 saturated heterocycles. The van der Waals surface area contributed by atoms with Crippen molar-refractivity contribution in [2.45, 2.75) is 0 Å². The molecular weight excluding hydrogens is 286 g/mol. The second kappa shape index (κ2) is 6.78. The Morgan fingerprint density at radius 2 is 2.05 bits per heavy atom. The summed E-state index contributed by atoms with van der Waals surface area (Å²) in [7, 11) is -1.85. The van der Waals surface area contributed by atoms with Crippen molar-refractivity contribution in [2.75, 3.05) is 39.4 Å². The first-order valence-electron chi connectivity index (χ1n) is 6.09. The van der Waals surface area contributed by atoms with Gasteiger partial charge in [0, 0.05) is 19.7 Å². The third-order valence-corrected chi connectivity index (χ3v) is 3.94. The number of ether oxygens (including phenoxy) is 4. The van der Waals surface area contributed by atoms with Crippen LogP contribution in [0.3, 0.4) is 0 Å². The molecule has 0 radical (unpaired) electrons. The summed E-state index contributed by atoms with van der Waals surface area (Å²) >= 11 is 0. The van der Waals surface area contributed by atoms with Gasteiger partial charge in [-0.3, -0.25) is 0 Å². The number of nitrogens with one attached hydrogen (secondary N) is 1. The Labute approximate surface area is 117 Å². The van der Waals surface area contributed by atoms with Crippen LogP contribution in [0, 0.1) is 0 Å². The Bertz CT molecular complexity index is 545. The summed E-state index contributed by atoms with van der Waals surface area (Å²) in [6, 6.07) is 5.20. The van der Waals surface area contributed by atoms with Gasteiger partial charge >= 0.3 is 0 Å². The summed E-state index contributed by atoms with van der Waals surface area (Å²) in [5.74, 6) is 1.85. The van der Waals surface area contributed by atoms with Crippen molar-refractivity contribution in [3.8, 4) is 17.2 Å². The van der Waals surface area contributed by atoms with E-state index in [1.54, 1.807) is 18.2 Å². The number of sulfonamides is 1. The van der Waals surface area contributed by atoms with E-state index in [0.29, 0.717) is 17.2 Å². The molecule has 0 aliphatic carbocycles. The molecule has 2 rings (SSSR count). The zero-order chi connectivity index (χ0) is 14.4. The van der Waals surface area contributed by atoms with Crippen molar-refractivity contribution in [1.29, 1.82) is 0 Å². The highest BCUT2D eigenvalue weighted by molar-refractivity contribution is 7.89. The summed E-state index contributed by atoms with van der Waals surface area (Å²) in [6.45, 7) is 0.794. The molecule has 0 spiro atoms. The van der Waals surface area contributed by atoms with Crippen LogP contribution in [0.5, 0.6) is 17.2 Å². The summed E-state index contributed by atoms with van der Waals surface area (Å²) in [6.07, 6.45) is 0. The van der Waals surface area contributed by atoms with Gasteiger partial charge in [0.2, 0.25) is 16.8 Å². The van der Waals surface area contributed by atoms with Crippen LogP contribution in [-0.4, -0.2) is 47.8 Å². The van der Waals surface area contributed by atoms with E-state index in [1.165, 1.54) is 7.11 Å². The highest BCUT2D eigenvalue weighted by atomic mass is 32.2. The van der Waals surface area contributed by atoms with Crippen molar-refractivity contribution < 1.29 is 27.4 Å². The second-order valence-corrected chi connectivity index (χ2v) is 6.00. The maximum absolute atomic E-state index is 11.5. The monoisotopic (exact) mass is 303 g/mol. The maximum atomic E-state index is 11.5. The van der Waals surface area contributed by atoms with Gasteiger partial charge in [0.25, 0.3) is 0 Å². The molecule has 0 unspecified atom stereocenters. The van der Waals surface area contributed by atoms with Crippen molar-refractivity contribution in [2.24, 2.45) is 0 Å². The number of methoxy groups -OCH3 is 1. The molecule has 1 heterocycles. The van der Waals surface area contributed by atoms with E-state index in [4.69, 9.17) is 18.9 Å². The van der Waals surface area contributed by atoms with Crippen LogP contribution >= 0.6 is 0 Å². The van der Waals surface area contributed by atoms with E-state index in [9.17, 15) is 8.42 Å². The zero-order valence-electron chi connectivity index (χ0n) is 11.1. The minimum atomic E-state index is -3.31. The van der Waals surface area contributed by atoms with Crippen LogP contribution in [0.2, 0.25) is 0 Å². The predicted octanol–water partition coefficient (Wildman–Crippen LogP) is 0.360. The lowest BCUT2D eigenvalue weighted by Gasteiger charge is -2.08. The molecule has 1 N–H and O–H groups in total. The van der Waals surface area contributed by atoms with Gasteiger partial charge in [-0.1, -0.05) is 0 Å². The van der Waals surface area contributed by atoms with Crippen LogP contribution in [0.1, 0.15) is 0 Å². The summed E-state index contributed by atoms with van der Waals surface area (Å²) in [5, 5.41) is 0. The number of rotatable bonds is 8. The summed E-state index contributed by atoms with van der Waals surface area (Å²) < 4.78 is 45.9. The standard InChI is InChI=1S/C12H17NO6S/c1-16-6-7-20(14,15)13-4-5-17-10-2-3-11-12(8-10)19-9-18-11/h2-3,8,13H,4-7,9H2,1H3. The first kappa shape index (κ1) is 14.9. The smallest absolute Gasteiger partial charge is 0.231 e. The van der Waals surface area contributed by atoms with E-state index in [2.05, 4.69) is 4.72 Å². The lowest BCUT2D eigenvalue weighted by molar-refractivity contribution is 0.173. The Morgan fingerprint density at radius 1 is 1.25 bits per heavy atom. The van der Waals surface area contributed by atoms with Crippen LogP contribution in [-0.2, 0) is 14.8 Å². The molecular formula is C12H17NO6S. The average Bonchev–Trinajstić information content (AvgIpc) is 2.89. The molecule has 1 aromatic carbocycles. The molecule has 0 fully saturated rings. The fraction of sp³-hybridized carbons (Fsp3) is 0.500. The lowest BCUT2D eigenvalue weighted by atomic mass is 10.3. The van der Waals surface area contributed by atoms with Gasteiger partial charge in [-0.15, -0.1) is 0 Å². The molecule has 0 bridgehead atoms. The van der Waals surface area contributed by atoms with E-state index in [-0.39, 0.29) is 32.3 Å². The van der Waals surface area contributed by atoms with Crippen LogP contribution < -0.4 is 18.9 Å². The van der Waals surface area contributed by atoms with E-state index in [1.807, 2.05) is 0 Å². The molecule has 112 valence electrons. The molecule has 0 aromatic heterocycles. The lowest BCUT2D eigenvalue weighted by Crippen LogP contribution is -2.31. The van der Waals surface area contributed by atoms with Gasteiger partial charge in [-0.05, 0) is 12.1 Å². The molecule has 1 aliphatic rings. The fourth-order valence-electron chi connectivity index (χ4n) is 1.60. The Kier molecular flexibility index (Phi) is 5.05. The quantitative estimate of drug-likeness (QED) is 0.698. The highest BCUT2D eigenvalue weighted by Gasteiger charge is 2.14. The van der Waals surface area contributed by atoms with Crippen molar-refractivity contribution in [1.82, 2.24) is 4.72 Å². The van der Waals surface area contributed by atoms with Gasteiger partial charge in [0.15, 0.2) is 11.5 Å². The van der Waals surface area contributed by atoms with E-state index in [0.717, 1.165) is 0 Å². The molecule has 0 saturated carbocycles. The first-order valence-corrected chi connectivity index (χ1v) is 7.75. The number of benzene rings is 1. The van der Waals surface area contributed by atoms with Crippen LogP contribution in [0.15, 0.2) is 18.2 Å². The Balaban J connectivity index is 1.73. The largest absolute Gasteiger partial charge is 0.492 e. The second-order valence-electron chi connectivity index (χ2n) is 4.07. The number of fused-ring (bicyclic) bond motifs is 1. The predicted molar refractivity (Wildman–Crippen MR) is 71.7 cm³/mol. The summed E-state index contributed by atoms with van der Waals surface area (Å²) in [4.78, 5) is 0. The Hall–Kier alpha value is -1.51. The van der Waals surface area contributed by atoms with Gasteiger partial charge in [0.1, 0.15) is 12.4 Å². The number of hydrogen-bond acceptors (Lipinski definition) is 6. The molecule has 7 nitrogen and oxygen atoms in total. The zero-order valence-corrected chi connectivity index (χ0v) is 11.9. The highest BCUT2D eigenvalue weighted by Crippen LogP contribution is 2.34. The third-order valence-electron chi connectivity index (χ3n) is 2.59.